The van der Waals surface area contributed by atoms with Crippen molar-refractivity contribution < 1.29 is 13.2 Å². The lowest BCUT2D eigenvalue weighted by Gasteiger charge is -2.11. The average molecular weight is 167 g/mol. The first kappa shape index (κ1) is 8.37. The maximum atomic E-state index is 11.8. The Morgan fingerprint density at radius 2 is 2.00 bits per heavy atom. The Hall–Kier alpha value is 0.370. The maximum absolute atomic E-state index is 11.8. The molecular weight excluding hydrogens is 164 g/mol. The largest absolute Gasteiger partial charge is 0.256 e. The Morgan fingerprint density at radius 3 is 2.00 bits per heavy atom. The van der Waals surface area contributed by atoms with Crippen molar-refractivity contribution in [2.75, 3.05) is 6.67 Å². The molecule has 0 saturated heterocycles. The van der Waals surface area contributed by atoms with Gasteiger partial charge in [-0.1, -0.05) is 23.2 Å². The van der Waals surface area contributed by atoms with Crippen LogP contribution in [0.15, 0.2) is 0 Å². The Morgan fingerprint density at radius 1 is 1.62 bits per heavy atom. The van der Waals surface area contributed by atoms with Crippen LogP contribution in [0.3, 0.4) is 0 Å². The van der Waals surface area contributed by atoms with Crippen molar-refractivity contribution in [3.05, 3.63) is 0 Å². The third-order valence-electron chi connectivity index (χ3n) is 0.497. The van der Waals surface area contributed by atoms with E-state index in [1.807, 2.05) is 0 Å². The predicted octanol–water partition coefficient (Wildman–Crippen LogP) is 2.39. The van der Waals surface area contributed by atoms with Crippen LogP contribution in [0.5, 0.6) is 0 Å². The van der Waals surface area contributed by atoms with Crippen molar-refractivity contribution in [3.63, 3.8) is 0 Å². The average Bonchev–Trinajstić information content (AvgIpc) is 1.67. The van der Waals surface area contributed by atoms with E-state index in [9.17, 15) is 13.2 Å². The van der Waals surface area contributed by atoms with E-state index in [1.54, 1.807) is 0 Å². The summed E-state index contributed by atoms with van der Waals surface area (Å²) in [7, 11) is 0. The molecule has 5 heteroatoms. The second kappa shape index (κ2) is 2.78. The summed E-state index contributed by atoms with van der Waals surface area (Å²) in [6.45, 7) is -1.63. The monoisotopic (exact) mass is 166 g/mol. The van der Waals surface area contributed by atoms with Gasteiger partial charge in [-0.25, -0.2) is 13.2 Å². The standard InChI is InChI=1S/C3H3Cl2F3/c4-2(7)3(5,8)1-6/h2H,1H2. The van der Waals surface area contributed by atoms with Gasteiger partial charge in [-0.3, -0.25) is 0 Å². The van der Waals surface area contributed by atoms with Gasteiger partial charge in [0, 0.05) is 0 Å². The van der Waals surface area contributed by atoms with Crippen LogP contribution in [0.25, 0.3) is 0 Å². The molecule has 0 spiro atoms. The number of hydrogen-bond acceptors (Lipinski definition) is 0. The minimum Gasteiger partial charge on any atom is -0.246 e. The van der Waals surface area contributed by atoms with Crippen LogP contribution in [0.2, 0.25) is 0 Å². The molecule has 0 fully saturated rings. The minimum absolute atomic E-state index is 1.63. The molecule has 0 heterocycles. The molecule has 0 aliphatic rings. The van der Waals surface area contributed by atoms with Crippen molar-refractivity contribution >= 4 is 23.2 Å². The molecule has 0 bridgehead atoms. The fourth-order valence-electron chi connectivity index (χ4n) is 0.0583. The van der Waals surface area contributed by atoms with Gasteiger partial charge in [-0.15, -0.1) is 0 Å². The molecule has 0 nitrogen and oxygen atoms in total. The van der Waals surface area contributed by atoms with Crippen LogP contribution in [0.1, 0.15) is 0 Å². The smallest absolute Gasteiger partial charge is 0.246 e. The fraction of sp³-hybridized carbons (Fsp3) is 1.00. The zero-order chi connectivity index (χ0) is 6.78. The summed E-state index contributed by atoms with van der Waals surface area (Å²) in [6, 6.07) is 0. The number of alkyl halides is 5. The van der Waals surface area contributed by atoms with Crippen LogP contribution >= 0.6 is 23.2 Å². The van der Waals surface area contributed by atoms with Gasteiger partial charge >= 0.3 is 0 Å². The van der Waals surface area contributed by atoms with E-state index < -0.39 is 17.4 Å². The summed E-state index contributed by atoms with van der Waals surface area (Å²) < 4.78 is 34.5. The Labute approximate surface area is 54.6 Å². The van der Waals surface area contributed by atoms with E-state index in [0.717, 1.165) is 0 Å². The zero-order valence-corrected chi connectivity index (χ0v) is 5.19. The topological polar surface area (TPSA) is 0 Å². The van der Waals surface area contributed by atoms with Crippen LogP contribution in [0, 0.1) is 0 Å². The molecule has 0 aliphatic carbocycles. The van der Waals surface area contributed by atoms with E-state index in [2.05, 4.69) is 23.2 Å². The molecule has 0 rings (SSSR count). The van der Waals surface area contributed by atoms with Crippen molar-refractivity contribution in [2.24, 2.45) is 0 Å². The van der Waals surface area contributed by atoms with E-state index in [4.69, 9.17) is 0 Å². The molecule has 0 aromatic carbocycles. The highest BCUT2D eigenvalue weighted by atomic mass is 35.5. The molecular formula is C3H3Cl2F3. The number of hydrogen-bond donors (Lipinski definition) is 0. The first-order valence-electron chi connectivity index (χ1n) is 1.72. The van der Waals surface area contributed by atoms with E-state index in [1.165, 1.54) is 0 Å². The van der Waals surface area contributed by atoms with Crippen molar-refractivity contribution in [3.8, 4) is 0 Å². The highest BCUT2D eigenvalue weighted by Gasteiger charge is 2.36. The lowest BCUT2D eigenvalue weighted by molar-refractivity contribution is 0.147. The third kappa shape index (κ3) is 2.09. The van der Waals surface area contributed by atoms with E-state index in [-0.39, 0.29) is 0 Å². The van der Waals surface area contributed by atoms with Crippen molar-refractivity contribution in [2.45, 2.75) is 10.8 Å². The summed E-state index contributed by atoms with van der Waals surface area (Å²) in [4.78, 5) is 0. The van der Waals surface area contributed by atoms with Crippen LogP contribution in [-0.2, 0) is 0 Å². The zero-order valence-electron chi connectivity index (χ0n) is 3.67. The Kier molecular flexibility index (Phi) is 2.91. The van der Waals surface area contributed by atoms with Gasteiger partial charge in [0.05, 0.1) is 0 Å². The predicted molar refractivity (Wildman–Crippen MR) is 26.4 cm³/mol. The summed E-state index contributed by atoms with van der Waals surface area (Å²) in [5.41, 5.74) is -2.49. The highest BCUT2D eigenvalue weighted by molar-refractivity contribution is 6.31. The summed E-state index contributed by atoms with van der Waals surface area (Å²) in [5, 5.41) is -3.05. The van der Waals surface area contributed by atoms with E-state index >= 15 is 0 Å². The number of halogens is 5. The van der Waals surface area contributed by atoms with Gasteiger partial charge in [0.25, 0.3) is 5.13 Å². The molecule has 0 aromatic heterocycles. The molecule has 50 valence electrons. The SMILES string of the molecule is FCC(F)(Cl)C(F)Cl. The third-order valence-corrected chi connectivity index (χ3v) is 1.25. The maximum Gasteiger partial charge on any atom is 0.256 e. The minimum atomic E-state index is -3.05. The molecule has 0 amide bonds. The molecule has 2 atom stereocenters. The molecule has 0 aromatic rings. The van der Waals surface area contributed by atoms with Gasteiger partial charge in [0.1, 0.15) is 6.67 Å². The number of rotatable bonds is 2. The molecule has 0 saturated carbocycles. The summed E-state index contributed by atoms with van der Waals surface area (Å²) in [6.07, 6.45) is 0. The van der Waals surface area contributed by atoms with E-state index in [0.29, 0.717) is 0 Å². The van der Waals surface area contributed by atoms with Gasteiger partial charge in [-0.05, 0) is 0 Å². The Balaban J connectivity index is 3.71. The first-order valence-corrected chi connectivity index (χ1v) is 2.54. The first-order chi connectivity index (χ1) is 3.50. The quantitative estimate of drug-likeness (QED) is 0.553. The van der Waals surface area contributed by atoms with Crippen molar-refractivity contribution in [1.82, 2.24) is 0 Å². The summed E-state index contributed by atoms with van der Waals surface area (Å²) in [5.74, 6) is 0. The van der Waals surface area contributed by atoms with Gasteiger partial charge in [-0.2, -0.15) is 0 Å². The molecule has 0 radical (unpaired) electrons. The van der Waals surface area contributed by atoms with Crippen LogP contribution in [-0.4, -0.2) is 17.4 Å². The summed E-state index contributed by atoms with van der Waals surface area (Å²) >= 11 is 8.96. The second-order valence-electron chi connectivity index (χ2n) is 1.20. The molecule has 8 heavy (non-hydrogen) atoms. The lowest BCUT2D eigenvalue weighted by Crippen LogP contribution is -2.26. The highest BCUT2D eigenvalue weighted by Crippen LogP contribution is 2.27. The van der Waals surface area contributed by atoms with Crippen LogP contribution in [0.4, 0.5) is 13.2 Å². The lowest BCUT2D eigenvalue weighted by atomic mass is 10.5. The molecule has 0 N–H and O–H groups in total. The molecule has 2 unspecified atom stereocenters. The second-order valence-corrected chi connectivity index (χ2v) is 2.21. The van der Waals surface area contributed by atoms with Gasteiger partial charge in [0.15, 0.2) is 0 Å². The fourth-order valence-corrected chi connectivity index (χ4v) is 0.117. The molecule has 0 aliphatic heterocycles. The van der Waals surface area contributed by atoms with Crippen molar-refractivity contribution in [1.29, 1.82) is 0 Å². The Bertz CT molecular complexity index is 72.9. The van der Waals surface area contributed by atoms with Gasteiger partial charge < -0.3 is 0 Å². The van der Waals surface area contributed by atoms with Crippen LogP contribution < -0.4 is 0 Å². The normalized spacial score (nSPS) is 22.1. The van der Waals surface area contributed by atoms with Gasteiger partial charge in [0.2, 0.25) is 5.63 Å².